The lowest BCUT2D eigenvalue weighted by Gasteiger charge is -2.32. The number of piperidine rings is 1. The topological polar surface area (TPSA) is 78.5 Å². The summed E-state index contributed by atoms with van der Waals surface area (Å²) in [6.45, 7) is 3.46. The van der Waals surface area contributed by atoms with Gasteiger partial charge >= 0.3 is 0 Å². The van der Waals surface area contributed by atoms with Crippen molar-refractivity contribution in [3.63, 3.8) is 0 Å². The highest BCUT2D eigenvalue weighted by molar-refractivity contribution is 5.94. The molecular weight excluding hydrogens is 318 g/mol. The Labute approximate surface area is 148 Å². The minimum atomic E-state index is -0.311. The molecule has 3 amide bonds. The first-order chi connectivity index (χ1) is 12.1. The molecule has 2 N–H and O–H groups in total. The lowest BCUT2D eigenvalue weighted by Crippen LogP contribution is -2.48. The number of hydrogen-bond donors (Lipinski definition) is 2. The van der Waals surface area contributed by atoms with Crippen LogP contribution in [0.15, 0.2) is 36.4 Å². The summed E-state index contributed by atoms with van der Waals surface area (Å²) in [6, 6.07) is 9.47. The van der Waals surface area contributed by atoms with Crippen molar-refractivity contribution >= 4 is 23.8 Å². The zero-order valence-corrected chi connectivity index (χ0v) is 14.5. The molecule has 6 nitrogen and oxygen atoms in total. The standard InChI is InChI=1S/C19H25N3O3/c1-2-20-19(25)16-9-6-12-22(14-16)18(24)13-21-17(23)11-10-15-7-4-3-5-8-15/h3-5,7-8,10-11,16H,2,6,9,12-14H2,1H3,(H,20,25)(H,21,23)/b11-10-/t16-/m1/s1. The van der Waals surface area contributed by atoms with Gasteiger partial charge in [-0.2, -0.15) is 0 Å². The van der Waals surface area contributed by atoms with Crippen molar-refractivity contribution in [1.29, 1.82) is 0 Å². The first-order valence-electron chi connectivity index (χ1n) is 8.66. The van der Waals surface area contributed by atoms with Crippen LogP contribution in [-0.2, 0) is 14.4 Å². The third kappa shape index (κ3) is 6.06. The van der Waals surface area contributed by atoms with Crippen LogP contribution in [-0.4, -0.2) is 48.8 Å². The third-order valence-electron chi connectivity index (χ3n) is 4.14. The minimum absolute atomic E-state index is 0.00479. The Morgan fingerprint density at radius 1 is 1.20 bits per heavy atom. The van der Waals surface area contributed by atoms with Crippen LogP contribution in [0.4, 0.5) is 0 Å². The first kappa shape index (κ1) is 18.7. The highest BCUT2D eigenvalue weighted by atomic mass is 16.2. The van der Waals surface area contributed by atoms with Gasteiger partial charge in [-0.05, 0) is 31.4 Å². The van der Waals surface area contributed by atoms with Gasteiger partial charge in [0.2, 0.25) is 17.7 Å². The second-order valence-electron chi connectivity index (χ2n) is 6.04. The molecule has 0 unspecified atom stereocenters. The molecule has 1 aliphatic heterocycles. The quantitative estimate of drug-likeness (QED) is 0.762. The molecular formula is C19H25N3O3. The Morgan fingerprint density at radius 2 is 1.96 bits per heavy atom. The second kappa shape index (κ2) is 9.61. The number of hydrogen-bond acceptors (Lipinski definition) is 3. The molecule has 1 aromatic carbocycles. The summed E-state index contributed by atoms with van der Waals surface area (Å²) >= 11 is 0. The van der Waals surface area contributed by atoms with Crippen molar-refractivity contribution in [1.82, 2.24) is 15.5 Å². The van der Waals surface area contributed by atoms with Crippen LogP contribution in [0.2, 0.25) is 0 Å². The predicted octanol–water partition coefficient (Wildman–Crippen LogP) is 1.19. The fourth-order valence-corrected chi connectivity index (χ4v) is 2.81. The molecule has 25 heavy (non-hydrogen) atoms. The van der Waals surface area contributed by atoms with Gasteiger partial charge in [0.1, 0.15) is 0 Å². The highest BCUT2D eigenvalue weighted by Gasteiger charge is 2.27. The van der Waals surface area contributed by atoms with Crippen molar-refractivity contribution in [2.75, 3.05) is 26.2 Å². The molecule has 1 aromatic rings. The van der Waals surface area contributed by atoms with Crippen LogP contribution in [0.3, 0.4) is 0 Å². The SMILES string of the molecule is CCNC(=O)[C@@H]1CCCN(C(=O)CNC(=O)/C=C\c2ccccc2)C1. The number of carbonyl (C=O) groups is 3. The molecule has 0 aliphatic carbocycles. The zero-order chi connectivity index (χ0) is 18.1. The summed E-state index contributed by atoms with van der Waals surface area (Å²) in [4.78, 5) is 37.7. The number of rotatable bonds is 6. The summed E-state index contributed by atoms with van der Waals surface area (Å²) in [5.74, 6) is -0.633. The summed E-state index contributed by atoms with van der Waals surface area (Å²) in [5, 5.41) is 5.40. The van der Waals surface area contributed by atoms with Crippen LogP contribution >= 0.6 is 0 Å². The minimum Gasteiger partial charge on any atom is -0.356 e. The molecule has 2 rings (SSSR count). The maximum atomic E-state index is 12.3. The van der Waals surface area contributed by atoms with Gasteiger partial charge in [-0.3, -0.25) is 14.4 Å². The molecule has 0 saturated carbocycles. The molecule has 0 spiro atoms. The number of benzene rings is 1. The summed E-state index contributed by atoms with van der Waals surface area (Å²) in [6.07, 6.45) is 4.71. The Kier molecular flexibility index (Phi) is 7.19. The Balaban J connectivity index is 1.78. The average Bonchev–Trinajstić information content (AvgIpc) is 2.65. The molecule has 1 saturated heterocycles. The van der Waals surface area contributed by atoms with E-state index in [9.17, 15) is 14.4 Å². The predicted molar refractivity (Wildman–Crippen MR) is 96.5 cm³/mol. The first-order valence-corrected chi connectivity index (χ1v) is 8.66. The Morgan fingerprint density at radius 3 is 2.68 bits per heavy atom. The maximum absolute atomic E-state index is 12.3. The molecule has 1 atom stereocenters. The van der Waals surface area contributed by atoms with E-state index < -0.39 is 0 Å². The Hall–Kier alpha value is -2.63. The van der Waals surface area contributed by atoms with Crippen LogP contribution in [0.25, 0.3) is 6.08 Å². The Bertz CT molecular complexity index is 628. The third-order valence-corrected chi connectivity index (χ3v) is 4.14. The molecule has 6 heteroatoms. The smallest absolute Gasteiger partial charge is 0.244 e. The van der Waals surface area contributed by atoms with Crippen LogP contribution in [0.1, 0.15) is 25.3 Å². The molecule has 1 fully saturated rings. The van der Waals surface area contributed by atoms with E-state index in [4.69, 9.17) is 0 Å². The van der Waals surface area contributed by atoms with E-state index in [2.05, 4.69) is 10.6 Å². The molecule has 1 aliphatic rings. The largest absolute Gasteiger partial charge is 0.356 e. The van der Waals surface area contributed by atoms with Crippen LogP contribution in [0, 0.1) is 5.92 Å². The molecule has 1 heterocycles. The fourth-order valence-electron chi connectivity index (χ4n) is 2.81. The van der Waals surface area contributed by atoms with Crippen molar-refractivity contribution in [2.24, 2.45) is 5.92 Å². The molecule has 134 valence electrons. The van der Waals surface area contributed by atoms with Crippen molar-refractivity contribution in [3.8, 4) is 0 Å². The molecule has 0 aromatic heterocycles. The van der Waals surface area contributed by atoms with E-state index in [1.54, 1.807) is 11.0 Å². The van der Waals surface area contributed by atoms with Crippen molar-refractivity contribution in [2.45, 2.75) is 19.8 Å². The van der Waals surface area contributed by atoms with Crippen molar-refractivity contribution < 1.29 is 14.4 Å². The second-order valence-corrected chi connectivity index (χ2v) is 6.04. The van der Waals surface area contributed by atoms with Gasteiger partial charge in [-0.15, -0.1) is 0 Å². The molecule has 0 radical (unpaired) electrons. The van der Waals surface area contributed by atoms with Gasteiger partial charge in [-0.1, -0.05) is 30.3 Å². The number of nitrogens with zero attached hydrogens (tertiary/aromatic N) is 1. The lowest BCUT2D eigenvalue weighted by atomic mass is 9.97. The van der Waals surface area contributed by atoms with Gasteiger partial charge in [0.25, 0.3) is 0 Å². The monoisotopic (exact) mass is 343 g/mol. The highest BCUT2D eigenvalue weighted by Crippen LogP contribution is 2.16. The number of likely N-dealkylation sites (tertiary alicyclic amines) is 1. The van der Waals surface area contributed by atoms with Crippen molar-refractivity contribution in [3.05, 3.63) is 42.0 Å². The van der Waals surface area contributed by atoms with E-state index in [1.807, 2.05) is 37.3 Å². The van der Waals surface area contributed by atoms with E-state index in [0.29, 0.717) is 19.6 Å². The average molecular weight is 343 g/mol. The zero-order valence-electron chi connectivity index (χ0n) is 14.5. The summed E-state index contributed by atoms with van der Waals surface area (Å²) in [7, 11) is 0. The maximum Gasteiger partial charge on any atom is 0.244 e. The van der Waals surface area contributed by atoms with Gasteiger partial charge in [-0.25, -0.2) is 0 Å². The number of carbonyl (C=O) groups excluding carboxylic acids is 3. The van der Waals surface area contributed by atoms with E-state index in [0.717, 1.165) is 18.4 Å². The number of amides is 3. The van der Waals surface area contributed by atoms with Gasteiger partial charge in [0.15, 0.2) is 0 Å². The number of nitrogens with one attached hydrogen (secondary N) is 2. The summed E-state index contributed by atoms with van der Waals surface area (Å²) in [5.41, 5.74) is 0.921. The van der Waals surface area contributed by atoms with Gasteiger partial charge in [0.05, 0.1) is 12.5 Å². The van der Waals surface area contributed by atoms with E-state index in [1.165, 1.54) is 6.08 Å². The fraction of sp³-hybridized carbons (Fsp3) is 0.421. The van der Waals surface area contributed by atoms with Crippen LogP contribution < -0.4 is 10.6 Å². The van der Waals surface area contributed by atoms with Gasteiger partial charge in [0, 0.05) is 25.7 Å². The van der Waals surface area contributed by atoms with E-state index in [-0.39, 0.29) is 30.2 Å². The van der Waals surface area contributed by atoms with Crippen LogP contribution in [0.5, 0.6) is 0 Å². The normalized spacial score (nSPS) is 17.3. The summed E-state index contributed by atoms with van der Waals surface area (Å²) < 4.78 is 0. The van der Waals surface area contributed by atoms with E-state index >= 15 is 0 Å². The molecule has 0 bridgehead atoms. The van der Waals surface area contributed by atoms with Gasteiger partial charge < -0.3 is 15.5 Å². The lowest BCUT2D eigenvalue weighted by molar-refractivity contribution is -0.136.